The second-order valence-electron chi connectivity index (χ2n) is 6.64. The van der Waals surface area contributed by atoms with E-state index in [4.69, 9.17) is 9.47 Å². The molecule has 0 aliphatic carbocycles. The van der Waals surface area contributed by atoms with Crippen LogP contribution in [0.3, 0.4) is 0 Å². The highest BCUT2D eigenvalue weighted by Crippen LogP contribution is 2.24. The number of hydrogen-bond acceptors (Lipinski definition) is 10. The Bertz CT molecular complexity index is 1190. The molecular formula is C21H22N8O3S. The van der Waals surface area contributed by atoms with Crippen LogP contribution in [-0.4, -0.2) is 64.9 Å². The van der Waals surface area contributed by atoms with Gasteiger partial charge >= 0.3 is 5.97 Å². The number of aromatic nitrogens is 8. The van der Waals surface area contributed by atoms with Crippen molar-refractivity contribution in [2.75, 3.05) is 19.0 Å². The molecule has 170 valence electrons. The first kappa shape index (κ1) is 22.4. The van der Waals surface area contributed by atoms with Gasteiger partial charge in [-0.3, -0.25) is 14.3 Å². The van der Waals surface area contributed by atoms with E-state index >= 15 is 0 Å². The Morgan fingerprint density at radius 2 is 1.91 bits per heavy atom. The zero-order valence-electron chi connectivity index (χ0n) is 18.2. The van der Waals surface area contributed by atoms with Crippen LogP contribution in [0.5, 0.6) is 5.75 Å². The second kappa shape index (κ2) is 10.7. The lowest BCUT2D eigenvalue weighted by Crippen LogP contribution is -2.12. The molecule has 3 heterocycles. The molecule has 4 rings (SSSR count). The number of pyridine rings is 1. The first-order valence-corrected chi connectivity index (χ1v) is 11.3. The summed E-state index contributed by atoms with van der Waals surface area (Å²) in [4.78, 5) is 17.4. The lowest BCUT2D eigenvalue weighted by molar-refractivity contribution is -0.139. The molecule has 12 heteroatoms. The van der Waals surface area contributed by atoms with Crippen LogP contribution in [0, 0.1) is 0 Å². The molecule has 4 aromatic rings. The Balaban J connectivity index is 1.61. The lowest BCUT2D eigenvalue weighted by atomic mass is 10.3. The molecule has 1 aromatic carbocycles. The van der Waals surface area contributed by atoms with E-state index in [9.17, 15) is 4.79 Å². The SMILES string of the molecule is CCOC(=O)CSc1nnc(Cn2nnc(-c3cccnc3)n2)n1-c1ccc(OCC)cc1. The zero-order valence-corrected chi connectivity index (χ0v) is 19.0. The third-order valence-corrected chi connectivity index (χ3v) is 5.29. The first-order chi connectivity index (χ1) is 16.2. The number of hydrogen-bond donors (Lipinski definition) is 0. The topological polar surface area (TPSA) is 123 Å². The number of rotatable bonds is 10. The number of benzene rings is 1. The van der Waals surface area contributed by atoms with Crippen LogP contribution in [0.15, 0.2) is 53.9 Å². The minimum atomic E-state index is -0.315. The van der Waals surface area contributed by atoms with Crippen LogP contribution in [0.4, 0.5) is 0 Å². The molecule has 0 amide bonds. The Morgan fingerprint density at radius 1 is 1.06 bits per heavy atom. The van der Waals surface area contributed by atoms with Gasteiger partial charge in [-0.15, -0.1) is 20.4 Å². The highest BCUT2D eigenvalue weighted by molar-refractivity contribution is 7.99. The molecule has 0 saturated heterocycles. The van der Waals surface area contributed by atoms with Crippen molar-refractivity contribution in [2.45, 2.75) is 25.5 Å². The number of carbonyl (C=O) groups is 1. The molecule has 33 heavy (non-hydrogen) atoms. The molecule has 0 atom stereocenters. The average Bonchev–Trinajstić information content (AvgIpc) is 3.47. The summed E-state index contributed by atoms with van der Waals surface area (Å²) in [6.07, 6.45) is 3.36. The van der Waals surface area contributed by atoms with E-state index < -0.39 is 0 Å². The maximum atomic E-state index is 11.9. The second-order valence-corrected chi connectivity index (χ2v) is 7.58. The monoisotopic (exact) mass is 466 g/mol. The number of ether oxygens (including phenoxy) is 2. The minimum Gasteiger partial charge on any atom is -0.494 e. The van der Waals surface area contributed by atoms with Crippen molar-refractivity contribution >= 4 is 17.7 Å². The number of nitrogens with zero attached hydrogens (tertiary/aromatic N) is 8. The number of tetrazole rings is 1. The van der Waals surface area contributed by atoms with Gasteiger partial charge in [0.15, 0.2) is 11.0 Å². The fraction of sp³-hybridized carbons (Fsp3) is 0.286. The Kier molecular flexibility index (Phi) is 7.25. The predicted octanol–water partition coefficient (Wildman–Crippen LogP) is 2.42. The van der Waals surface area contributed by atoms with E-state index in [1.165, 1.54) is 16.6 Å². The maximum absolute atomic E-state index is 11.9. The van der Waals surface area contributed by atoms with Gasteiger partial charge < -0.3 is 9.47 Å². The summed E-state index contributed by atoms with van der Waals surface area (Å²) in [6, 6.07) is 11.2. The third kappa shape index (κ3) is 5.52. The Morgan fingerprint density at radius 3 is 2.64 bits per heavy atom. The highest BCUT2D eigenvalue weighted by atomic mass is 32.2. The lowest BCUT2D eigenvalue weighted by Gasteiger charge is -2.11. The van der Waals surface area contributed by atoms with Gasteiger partial charge in [-0.05, 0) is 55.5 Å². The smallest absolute Gasteiger partial charge is 0.316 e. The van der Waals surface area contributed by atoms with Crippen molar-refractivity contribution in [3.8, 4) is 22.8 Å². The summed E-state index contributed by atoms with van der Waals surface area (Å²) in [7, 11) is 0. The van der Waals surface area contributed by atoms with E-state index in [1.807, 2.05) is 47.9 Å². The van der Waals surface area contributed by atoms with E-state index in [0.29, 0.717) is 30.0 Å². The van der Waals surface area contributed by atoms with Crippen molar-refractivity contribution in [2.24, 2.45) is 0 Å². The molecule has 3 aromatic heterocycles. The third-order valence-electron chi connectivity index (χ3n) is 4.39. The van der Waals surface area contributed by atoms with Gasteiger partial charge in [0.1, 0.15) is 12.3 Å². The van der Waals surface area contributed by atoms with Gasteiger partial charge in [0, 0.05) is 23.6 Å². The van der Waals surface area contributed by atoms with Gasteiger partial charge in [-0.2, -0.15) is 4.80 Å². The van der Waals surface area contributed by atoms with Crippen LogP contribution in [0.25, 0.3) is 17.1 Å². The summed E-state index contributed by atoms with van der Waals surface area (Å²) >= 11 is 1.25. The fourth-order valence-electron chi connectivity index (χ4n) is 2.99. The molecule has 0 radical (unpaired) electrons. The van der Waals surface area contributed by atoms with Crippen LogP contribution in [-0.2, 0) is 16.1 Å². The van der Waals surface area contributed by atoms with Crippen molar-refractivity contribution in [1.82, 2.24) is 40.0 Å². The molecule has 0 spiro atoms. The van der Waals surface area contributed by atoms with Crippen LogP contribution in [0.2, 0.25) is 0 Å². The maximum Gasteiger partial charge on any atom is 0.316 e. The number of thioether (sulfide) groups is 1. The van der Waals surface area contributed by atoms with Gasteiger partial charge in [-0.25, -0.2) is 0 Å². The first-order valence-electron chi connectivity index (χ1n) is 10.3. The van der Waals surface area contributed by atoms with Crippen LogP contribution < -0.4 is 4.74 Å². The average molecular weight is 467 g/mol. The highest BCUT2D eigenvalue weighted by Gasteiger charge is 2.18. The molecular weight excluding hydrogens is 444 g/mol. The molecule has 0 unspecified atom stereocenters. The number of esters is 1. The van der Waals surface area contributed by atoms with Crippen molar-refractivity contribution in [3.05, 3.63) is 54.6 Å². The van der Waals surface area contributed by atoms with E-state index in [2.05, 4.69) is 30.6 Å². The van der Waals surface area contributed by atoms with Crippen molar-refractivity contribution in [3.63, 3.8) is 0 Å². The largest absolute Gasteiger partial charge is 0.494 e. The van der Waals surface area contributed by atoms with Gasteiger partial charge in [0.05, 0.1) is 19.0 Å². The van der Waals surface area contributed by atoms with Gasteiger partial charge in [0.2, 0.25) is 5.82 Å². The minimum absolute atomic E-state index is 0.121. The van der Waals surface area contributed by atoms with Crippen molar-refractivity contribution < 1.29 is 14.3 Å². The molecule has 11 nitrogen and oxygen atoms in total. The number of carbonyl (C=O) groups excluding carboxylic acids is 1. The standard InChI is InChI=1S/C21H22N8O3S/c1-3-31-17-9-7-16(8-10-17)29-18(23-25-21(29)33-14-19(30)32-4-2)13-28-26-20(24-27-28)15-6-5-11-22-12-15/h5-12H,3-4,13-14H2,1-2H3. The molecule has 0 saturated carbocycles. The summed E-state index contributed by atoms with van der Waals surface area (Å²) in [5.41, 5.74) is 1.58. The fourth-order valence-corrected chi connectivity index (χ4v) is 3.76. The molecule has 0 fully saturated rings. The molecule has 0 N–H and O–H groups in total. The van der Waals surface area contributed by atoms with Crippen LogP contribution in [0.1, 0.15) is 19.7 Å². The summed E-state index contributed by atoms with van der Waals surface area (Å²) < 4.78 is 12.4. The molecule has 0 aliphatic rings. The predicted molar refractivity (Wildman–Crippen MR) is 120 cm³/mol. The zero-order chi connectivity index (χ0) is 23.0. The van der Waals surface area contributed by atoms with E-state index in [1.54, 1.807) is 19.3 Å². The summed E-state index contributed by atoms with van der Waals surface area (Å²) in [6.45, 7) is 4.84. The normalized spacial score (nSPS) is 10.8. The molecule has 0 bridgehead atoms. The summed E-state index contributed by atoms with van der Waals surface area (Å²) in [5, 5.41) is 21.8. The van der Waals surface area contributed by atoms with Crippen LogP contribution >= 0.6 is 11.8 Å². The van der Waals surface area contributed by atoms with Gasteiger partial charge in [0.25, 0.3) is 0 Å². The molecule has 0 aliphatic heterocycles. The van der Waals surface area contributed by atoms with Gasteiger partial charge in [-0.1, -0.05) is 11.8 Å². The summed E-state index contributed by atoms with van der Waals surface area (Å²) in [5.74, 6) is 1.61. The van der Waals surface area contributed by atoms with E-state index in [0.717, 1.165) is 17.0 Å². The Labute approximate surface area is 194 Å². The van der Waals surface area contributed by atoms with E-state index in [-0.39, 0.29) is 18.3 Å². The quantitative estimate of drug-likeness (QED) is 0.254. The Hall–Kier alpha value is -3.80. The van der Waals surface area contributed by atoms with Crippen molar-refractivity contribution in [1.29, 1.82) is 0 Å².